The van der Waals surface area contributed by atoms with E-state index in [1.807, 2.05) is 0 Å². The molecule has 21 heavy (non-hydrogen) atoms. The van der Waals surface area contributed by atoms with Crippen molar-refractivity contribution in [3.05, 3.63) is 35.4 Å². The highest BCUT2D eigenvalue weighted by Gasteiger charge is 2.41. The summed E-state index contributed by atoms with van der Waals surface area (Å²) in [6, 6.07) is 8.37. The van der Waals surface area contributed by atoms with E-state index in [2.05, 4.69) is 34.9 Å². The molecule has 3 nitrogen and oxygen atoms in total. The van der Waals surface area contributed by atoms with Crippen LogP contribution >= 0.6 is 0 Å². The predicted molar refractivity (Wildman–Crippen MR) is 82.7 cm³/mol. The van der Waals surface area contributed by atoms with Crippen molar-refractivity contribution in [2.75, 3.05) is 6.54 Å². The molecular weight excluding hydrogens is 260 g/mol. The molecule has 3 aliphatic rings. The zero-order valence-electron chi connectivity index (χ0n) is 12.5. The first-order valence-corrected chi connectivity index (χ1v) is 8.39. The van der Waals surface area contributed by atoms with Gasteiger partial charge in [0.1, 0.15) is 0 Å². The third-order valence-electron chi connectivity index (χ3n) is 5.36. The summed E-state index contributed by atoms with van der Waals surface area (Å²) in [5, 5.41) is 6.60. The van der Waals surface area contributed by atoms with Crippen molar-refractivity contribution in [2.45, 2.75) is 44.7 Å². The summed E-state index contributed by atoms with van der Waals surface area (Å²) < 4.78 is 0. The molecule has 1 aromatic rings. The van der Waals surface area contributed by atoms with Gasteiger partial charge in [-0.05, 0) is 61.0 Å². The van der Waals surface area contributed by atoms with Gasteiger partial charge in [0.2, 0.25) is 5.91 Å². The van der Waals surface area contributed by atoms with Crippen molar-refractivity contribution in [3.63, 3.8) is 0 Å². The van der Waals surface area contributed by atoms with Gasteiger partial charge in [0.25, 0.3) is 0 Å². The quantitative estimate of drug-likeness (QED) is 0.871. The lowest BCUT2D eigenvalue weighted by Crippen LogP contribution is -2.48. The Morgan fingerprint density at radius 2 is 1.81 bits per heavy atom. The van der Waals surface area contributed by atoms with Crippen molar-refractivity contribution < 1.29 is 4.79 Å². The lowest BCUT2D eigenvalue weighted by Gasteiger charge is -2.26. The van der Waals surface area contributed by atoms with Crippen LogP contribution in [0.3, 0.4) is 0 Å². The second kappa shape index (κ2) is 5.45. The Morgan fingerprint density at radius 1 is 1.14 bits per heavy atom. The highest BCUT2D eigenvalue weighted by atomic mass is 16.2. The summed E-state index contributed by atoms with van der Waals surface area (Å²) >= 11 is 0. The molecule has 2 aliphatic carbocycles. The van der Waals surface area contributed by atoms with Crippen LogP contribution in [0.2, 0.25) is 0 Å². The van der Waals surface area contributed by atoms with Gasteiger partial charge in [0, 0.05) is 13.1 Å². The average molecular weight is 284 g/mol. The standard InChI is InChI=1S/C18H24N2O/c21-18(20-11-16(12-5-6-12)13-7-8-13)17-9-14-3-1-2-4-15(14)10-19-17/h1-4,12-13,16-17,19H,5-11H2,(H,20,21)/t17-/m1/s1. The summed E-state index contributed by atoms with van der Waals surface area (Å²) in [6.45, 7) is 1.71. The Bertz CT molecular complexity index is 522. The van der Waals surface area contributed by atoms with E-state index in [-0.39, 0.29) is 11.9 Å². The van der Waals surface area contributed by atoms with Gasteiger partial charge in [-0.1, -0.05) is 24.3 Å². The van der Waals surface area contributed by atoms with Crippen LogP contribution in [0.25, 0.3) is 0 Å². The minimum Gasteiger partial charge on any atom is -0.354 e. The molecular formula is C18H24N2O. The van der Waals surface area contributed by atoms with Gasteiger partial charge in [0.05, 0.1) is 6.04 Å². The van der Waals surface area contributed by atoms with E-state index >= 15 is 0 Å². The number of nitrogens with one attached hydrogen (secondary N) is 2. The van der Waals surface area contributed by atoms with E-state index in [9.17, 15) is 4.79 Å². The first-order valence-electron chi connectivity index (χ1n) is 8.39. The zero-order valence-corrected chi connectivity index (χ0v) is 12.5. The van der Waals surface area contributed by atoms with E-state index in [1.54, 1.807) is 0 Å². The van der Waals surface area contributed by atoms with Crippen LogP contribution in [0.1, 0.15) is 36.8 Å². The van der Waals surface area contributed by atoms with Gasteiger partial charge >= 0.3 is 0 Å². The molecule has 112 valence electrons. The molecule has 0 spiro atoms. The van der Waals surface area contributed by atoms with E-state index in [0.29, 0.717) is 0 Å². The van der Waals surface area contributed by atoms with E-state index in [0.717, 1.165) is 37.3 Å². The maximum Gasteiger partial charge on any atom is 0.237 e. The molecule has 0 radical (unpaired) electrons. The Labute approximate surface area is 126 Å². The fraction of sp³-hybridized carbons (Fsp3) is 0.611. The number of amides is 1. The van der Waals surface area contributed by atoms with Crippen LogP contribution in [0.4, 0.5) is 0 Å². The number of carbonyl (C=O) groups excluding carboxylic acids is 1. The first kappa shape index (κ1) is 13.3. The van der Waals surface area contributed by atoms with Gasteiger partial charge < -0.3 is 10.6 Å². The zero-order chi connectivity index (χ0) is 14.2. The second-order valence-electron chi connectivity index (χ2n) is 6.99. The Kier molecular flexibility index (Phi) is 3.46. The number of carbonyl (C=O) groups is 1. The SMILES string of the molecule is O=C(NCC(C1CC1)C1CC1)[C@H]1Cc2ccccc2CN1. The third kappa shape index (κ3) is 2.98. The third-order valence-corrected chi connectivity index (χ3v) is 5.36. The highest BCUT2D eigenvalue weighted by Crippen LogP contribution is 2.48. The van der Waals surface area contributed by atoms with Crippen LogP contribution in [0.5, 0.6) is 0 Å². The van der Waals surface area contributed by atoms with Crippen LogP contribution in [0, 0.1) is 17.8 Å². The van der Waals surface area contributed by atoms with Crippen molar-refractivity contribution in [1.29, 1.82) is 0 Å². The maximum absolute atomic E-state index is 12.4. The van der Waals surface area contributed by atoms with Gasteiger partial charge in [-0.2, -0.15) is 0 Å². The number of hydrogen-bond acceptors (Lipinski definition) is 2. The Hall–Kier alpha value is -1.35. The van der Waals surface area contributed by atoms with Crippen LogP contribution < -0.4 is 10.6 Å². The smallest absolute Gasteiger partial charge is 0.237 e. The molecule has 1 atom stereocenters. The minimum absolute atomic E-state index is 0.0565. The molecule has 4 rings (SSSR count). The fourth-order valence-corrected chi connectivity index (χ4v) is 3.75. The Balaban J connectivity index is 1.33. The normalized spacial score (nSPS) is 24.7. The molecule has 1 amide bonds. The summed E-state index contributed by atoms with van der Waals surface area (Å²) in [5.41, 5.74) is 2.65. The van der Waals surface area contributed by atoms with E-state index in [4.69, 9.17) is 0 Å². The number of fused-ring (bicyclic) bond motifs is 1. The second-order valence-corrected chi connectivity index (χ2v) is 6.99. The number of hydrogen-bond donors (Lipinski definition) is 2. The number of benzene rings is 1. The molecule has 2 saturated carbocycles. The molecule has 2 fully saturated rings. The fourth-order valence-electron chi connectivity index (χ4n) is 3.75. The molecule has 0 saturated heterocycles. The van der Waals surface area contributed by atoms with Gasteiger partial charge in [-0.3, -0.25) is 4.79 Å². The molecule has 3 heteroatoms. The molecule has 1 aliphatic heterocycles. The molecule has 0 bridgehead atoms. The average Bonchev–Trinajstić information content (AvgIpc) is 3.39. The van der Waals surface area contributed by atoms with Gasteiger partial charge in [0.15, 0.2) is 0 Å². The largest absolute Gasteiger partial charge is 0.354 e. The van der Waals surface area contributed by atoms with E-state index in [1.165, 1.54) is 36.8 Å². The van der Waals surface area contributed by atoms with Crippen molar-refractivity contribution >= 4 is 5.91 Å². The summed E-state index contributed by atoms with van der Waals surface area (Å²) in [4.78, 5) is 12.4. The van der Waals surface area contributed by atoms with Crippen LogP contribution in [-0.2, 0) is 17.8 Å². The van der Waals surface area contributed by atoms with Crippen molar-refractivity contribution in [1.82, 2.24) is 10.6 Å². The maximum atomic E-state index is 12.4. The van der Waals surface area contributed by atoms with Crippen LogP contribution in [0.15, 0.2) is 24.3 Å². The lowest BCUT2D eigenvalue weighted by molar-refractivity contribution is -0.123. The predicted octanol–water partition coefficient (Wildman–Crippen LogP) is 2.25. The first-order chi connectivity index (χ1) is 10.3. The van der Waals surface area contributed by atoms with Gasteiger partial charge in [-0.25, -0.2) is 0 Å². The van der Waals surface area contributed by atoms with Crippen LogP contribution in [-0.4, -0.2) is 18.5 Å². The highest BCUT2D eigenvalue weighted by molar-refractivity contribution is 5.82. The summed E-state index contributed by atoms with van der Waals surface area (Å²) in [7, 11) is 0. The molecule has 1 aromatic carbocycles. The summed E-state index contributed by atoms with van der Waals surface area (Å²) in [6.07, 6.45) is 6.34. The minimum atomic E-state index is -0.0565. The van der Waals surface area contributed by atoms with Gasteiger partial charge in [-0.15, -0.1) is 0 Å². The van der Waals surface area contributed by atoms with Crippen molar-refractivity contribution in [3.8, 4) is 0 Å². The van der Waals surface area contributed by atoms with E-state index < -0.39 is 0 Å². The topological polar surface area (TPSA) is 41.1 Å². The molecule has 1 heterocycles. The molecule has 0 aromatic heterocycles. The monoisotopic (exact) mass is 284 g/mol. The number of rotatable bonds is 5. The Morgan fingerprint density at radius 3 is 2.48 bits per heavy atom. The lowest BCUT2D eigenvalue weighted by atomic mass is 9.94. The van der Waals surface area contributed by atoms with Crippen molar-refractivity contribution in [2.24, 2.45) is 17.8 Å². The molecule has 2 N–H and O–H groups in total. The summed E-state index contributed by atoms with van der Waals surface area (Å²) in [5.74, 6) is 2.75. The molecule has 0 unspecified atom stereocenters.